The number of esters is 1. The molecule has 1 amide bonds. The molecular weight excluding hydrogens is 409 g/mol. The van der Waals surface area contributed by atoms with Crippen LogP contribution in [-0.2, 0) is 14.3 Å². The van der Waals surface area contributed by atoms with Crippen molar-refractivity contribution >= 4 is 52.4 Å². The van der Waals surface area contributed by atoms with Gasteiger partial charge in [0, 0.05) is 0 Å². The summed E-state index contributed by atoms with van der Waals surface area (Å²) in [4.78, 5) is 24.5. The Morgan fingerprint density at radius 3 is 2.11 bits per heavy atom. The van der Waals surface area contributed by atoms with Gasteiger partial charge in [-0.1, -0.05) is 34.8 Å². The van der Waals surface area contributed by atoms with Crippen molar-refractivity contribution in [3.63, 3.8) is 0 Å². The van der Waals surface area contributed by atoms with E-state index < -0.39 is 5.91 Å². The Balaban J connectivity index is 1.29. The molecule has 4 fully saturated rings. The number of hydrogen-bond donors (Lipinski definition) is 1. The summed E-state index contributed by atoms with van der Waals surface area (Å²) < 4.78 is 5.26. The SMILES string of the molecule is O=C(COC(=O)CC12CC3CC(CC(C3)C1)C2)Nc1cc(Cl)c(Cl)cc1Cl. The third-order valence-corrected chi connectivity index (χ3v) is 7.37. The zero-order chi connectivity index (χ0) is 19.2. The molecule has 0 heterocycles. The maximum Gasteiger partial charge on any atom is 0.306 e. The van der Waals surface area contributed by atoms with Gasteiger partial charge in [-0.3, -0.25) is 9.59 Å². The number of nitrogens with one attached hydrogen (secondary N) is 1. The Morgan fingerprint density at radius 1 is 0.963 bits per heavy atom. The van der Waals surface area contributed by atoms with Gasteiger partial charge in [0.25, 0.3) is 5.91 Å². The van der Waals surface area contributed by atoms with Crippen LogP contribution in [0, 0.1) is 23.2 Å². The lowest BCUT2D eigenvalue weighted by Crippen LogP contribution is -2.47. The van der Waals surface area contributed by atoms with Crippen LogP contribution in [0.5, 0.6) is 0 Å². The summed E-state index contributed by atoms with van der Waals surface area (Å²) >= 11 is 17.9. The van der Waals surface area contributed by atoms with Gasteiger partial charge in [-0.05, 0) is 73.8 Å². The second-order valence-corrected chi connectivity index (χ2v) is 9.77. The molecule has 4 saturated carbocycles. The predicted molar refractivity (Wildman–Crippen MR) is 106 cm³/mol. The van der Waals surface area contributed by atoms with E-state index in [1.807, 2.05) is 0 Å². The first-order valence-corrected chi connectivity index (χ1v) is 10.6. The molecule has 1 aromatic carbocycles. The van der Waals surface area contributed by atoms with Crippen molar-refractivity contribution in [2.45, 2.75) is 44.9 Å². The molecule has 0 aromatic heterocycles. The molecule has 0 spiro atoms. The summed E-state index contributed by atoms with van der Waals surface area (Å²) in [5.74, 6) is 1.61. The number of amides is 1. The Labute approximate surface area is 173 Å². The van der Waals surface area contributed by atoms with E-state index >= 15 is 0 Å². The highest BCUT2D eigenvalue weighted by atomic mass is 35.5. The number of rotatable bonds is 5. The molecule has 4 nitrogen and oxygen atoms in total. The lowest BCUT2D eigenvalue weighted by Gasteiger charge is -2.56. The Kier molecular flexibility index (Phi) is 5.34. The number of halogens is 3. The van der Waals surface area contributed by atoms with E-state index in [2.05, 4.69) is 5.32 Å². The number of hydrogen-bond acceptors (Lipinski definition) is 3. The van der Waals surface area contributed by atoms with Crippen LogP contribution < -0.4 is 5.32 Å². The molecule has 0 radical (unpaired) electrons. The highest BCUT2D eigenvalue weighted by Gasteiger charge is 2.51. The summed E-state index contributed by atoms with van der Waals surface area (Å²) in [5, 5.41) is 3.47. The average molecular weight is 431 g/mol. The molecule has 0 aliphatic heterocycles. The van der Waals surface area contributed by atoms with Gasteiger partial charge >= 0.3 is 5.97 Å². The van der Waals surface area contributed by atoms with Gasteiger partial charge in [0.15, 0.2) is 6.61 Å². The quantitative estimate of drug-likeness (QED) is 0.479. The van der Waals surface area contributed by atoms with E-state index in [1.165, 1.54) is 31.4 Å². The zero-order valence-electron chi connectivity index (χ0n) is 14.9. The number of ether oxygens (including phenoxy) is 1. The lowest BCUT2D eigenvalue weighted by molar-refractivity contribution is -0.154. The zero-order valence-corrected chi connectivity index (χ0v) is 17.2. The second-order valence-electron chi connectivity index (χ2n) is 8.55. The number of carbonyl (C=O) groups is 2. The molecule has 1 aromatic rings. The van der Waals surface area contributed by atoms with Crippen LogP contribution in [0.4, 0.5) is 5.69 Å². The van der Waals surface area contributed by atoms with Gasteiger partial charge < -0.3 is 10.1 Å². The Hall–Kier alpha value is -0.970. The van der Waals surface area contributed by atoms with E-state index in [0.717, 1.165) is 37.0 Å². The van der Waals surface area contributed by atoms with Crippen LogP contribution in [0.3, 0.4) is 0 Å². The number of anilines is 1. The normalized spacial score (nSPS) is 31.0. The molecule has 1 N–H and O–H groups in total. The minimum absolute atomic E-state index is 0.106. The molecule has 27 heavy (non-hydrogen) atoms. The molecule has 4 aliphatic carbocycles. The fourth-order valence-corrected chi connectivity index (χ4v) is 6.41. The maximum atomic E-state index is 12.4. The van der Waals surface area contributed by atoms with Crippen LogP contribution >= 0.6 is 34.8 Å². The molecule has 5 rings (SSSR count). The first-order valence-electron chi connectivity index (χ1n) is 9.42. The van der Waals surface area contributed by atoms with Crippen molar-refractivity contribution in [1.82, 2.24) is 0 Å². The number of benzene rings is 1. The largest absolute Gasteiger partial charge is 0.456 e. The van der Waals surface area contributed by atoms with Crippen molar-refractivity contribution in [2.75, 3.05) is 11.9 Å². The monoisotopic (exact) mass is 429 g/mol. The molecule has 4 aliphatic rings. The summed E-state index contributed by atoms with van der Waals surface area (Å²) in [6.45, 7) is -0.332. The van der Waals surface area contributed by atoms with Crippen molar-refractivity contribution in [3.05, 3.63) is 27.2 Å². The molecule has 146 valence electrons. The van der Waals surface area contributed by atoms with Gasteiger partial charge in [-0.25, -0.2) is 0 Å². The van der Waals surface area contributed by atoms with E-state index in [9.17, 15) is 9.59 Å². The summed E-state index contributed by atoms with van der Waals surface area (Å²) in [5.41, 5.74) is 0.447. The van der Waals surface area contributed by atoms with Crippen LogP contribution in [-0.4, -0.2) is 18.5 Å². The highest BCUT2D eigenvalue weighted by molar-refractivity contribution is 6.44. The molecular formula is C20H22Cl3NO3. The molecule has 0 unspecified atom stereocenters. The second kappa shape index (κ2) is 7.46. The standard InChI is InChI=1S/C20H22Cl3NO3/c21-14-4-16(23)17(5-15(14)22)24-18(25)10-27-19(26)9-20-6-11-1-12(7-20)3-13(2-11)8-20/h4-5,11-13H,1-3,6-10H2,(H,24,25). The molecule has 0 atom stereocenters. The fourth-order valence-electron chi connectivity index (χ4n) is 5.81. The van der Waals surface area contributed by atoms with Gasteiger partial charge in [0.2, 0.25) is 0 Å². The third kappa shape index (κ3) is 4.23. The van der Waals surface area contributed by atoms with Gasteiger partial charge in [-0.2, -0.15) is 0 Å². The Bertz CT molecular complexity index is 745. The summed E-state index contributed by atoms with van der Waals surface area (Å²) in [7, 11) is 0. The third-order valence-electron chi connectivity index (χ3n) is 6.33. The van der Waals surface area contributed by atoms with Crippen molar-refractivity contribution < 1.29 is 14.3 Å². The van der Waals surface area contributed by atoms with Crippen molar-refractivity contribution in [1.29, 1.82) is 0 Å². The minimum Gasteiger partial charge on any atom is -0.456 e. The van der Waals surface area contributed by atoms with Crippen LogP contribution in [0.25, 0.3) is 0 Å². The number of carbonyl (C=O) groups excluding carboxylic acids is 2. The van der Waals surface area contributed by atoms with E-state index in [-0.39, 0.29) is 28.0 Å². The van der Waals surface area contributed by atoms with Gasteiger partial charge in [0.05, 0.1) is 27.2 Å². The van der Waals surface area contributed by atoms with Crippen LogP contribution in [0.1, 0.15) is 44.9 Å². The molecule has 7 heteroatoms. The first-order chi connectivity index (χ1) is 12.8. The van der Waals surface area contributed by atoms with Crippen LogP contribution in [0.15, 0.2) is 12.1 Å². The van der Waals surface area contributed by atoms with E-state index in [4.69, 9.17) is 39.5 Å². The van der Waals surface area contributed by atoms with Gasteiger partial charge in [-0.15, -0.1) is 0 Å². The molecule has 4 bridgehead atoms. The molecule has 0 saturated heterocycles. The smallest absolute Gasteiger partial charge is 0.306 e. The predicted octanol–water partition coefficient (Wildman–Crippen LogP) is 5.74. The topological polar surface area (TPSA) is 55.4 Å². The summed E-state index contributed by atoms with van der Waals surface area (Å²) in [6, 6.07) is 2.93. The lowest BCUT2D eigenvalue weighted by atomic mass is 9.49. The average Bonchev–Trinajstić information content (AvgIpc) is 2.56. The highest BCUT2D eigenvalue weighted by Crippen LogP contribution is 2.61. The fraction of sp³-hybridized carbons (Fsp3) is 0.600. The van der Waals surface area contributed by atoms with Crippen molar-refractivity contribution in [2.24, 2.45) is 23.2 Å². The van der Waals surface area contributed by atoms with Crippen molar-refractivity contribution in [3.8, 4) is 0 Å². The Morgan fingerprint density at radius 2 is 1.52 bits per heavy atom. The van der Waals surface area contributed by atoms with Crippen LogP contribution in [0.2, 0.25) is 15.1 Å². The van der Waals surface area contributed by atoms with Gasteiger partial charge in [0.1, 0.15) is 0 Å². The summed E-state index contributed by atoms with van der Waals surface area (Å²) in [6.07, 6.45) is 7.85. The van der Waals surface area contributed by atoms with E-state index in [1.54, 1.807) is 0 Å². The minimum atomic E-state index is -0.450. The van der Waals surface area contributed by atoms with E-state index in [0.29, 0.717) is 17.1 Å². The first kappa shape index (κ1) is 19.4. The maximum absolute atomic E-state index is 12.4.